The second-order valence-corrected chi connectivity index (χ2v) is 5.75. The van der Waals surface area contributed by atoms with Crippen molar-refractivity contribution in [3.63, 3.8) is 0 Å². The van der Waals surface area contributed by atoms with Crippen LogP contribution in [-0.4, -0.2) is 38.2 Å². The molecule has 1 aromatic heterocycles. The lowest BCUT2D eigenvalue weighted by atomic mass is 10.3. The highest BCUT2D eigenvalue weighted by Gasteiger charge is 2.12. The molecule has 1 atom stereocenters. The van der Waals surface area contributed by atoms with E-state index in [9.17, 15) is 5.11 Å². The molecule has 0 saturated carbocycles. The summed E-state index contributed by atoms with van der Waals surface area (Å²) in [7, 11) is 0. The van der Waals surface area contributed by atoms with E-state index in [4.69, 9.17) is 16.7 Å². The number of halogens is 1. The number of benzene rings is 1. The molecule has 6 heteroatoms. The first kappa shape index (κ1) is 14.7. The Morgan fingerprint density at radius 1 is 1.47 bits per heavy atom. The molecule has 2 N–H and O–H groups in total. The third-order valence-electron chi connectivity index (χ3n) is 2.74. The lowest BCUT2D eigenvalue weighted by Gasteiger charge is -2.09. The first-order valence-electron chi connectivity index (χ1n) is 6.23. The van der Waals surface area contributed by atoms with Crippen LogP contribution in [0.15, 0.2) is 23.4 Å². The summed E-state index contributed by atoms with van der Waals surface area (Å²) in [4.78, 5) is 4.55. The Hall–Kier alpha value is -0.750. The summed E-state index contributed by atoms with van der Waals surface area (Å²) in [5, 5.41) is 19.8. The number of aliphatic hydroxyl groups excluding tert-OH is 2. The summed E-state index contributed by atoms with van der Waals surface area (Å²) < 4.78 is 2.13. The fraction of sp³-hybridized carbons (Fsp3) is 0.462. The molecule has 0 spiro atoms. The van der Waals surface area contributed by atoms with Gasteiger partial charge in [-0.05, 0) is 24.6 Å². The largest absolute Gasteiger partial charge is 0.394 e. The molecule has 1 heterocycles. The van der Waals surface area contributed by atoms with Crippen molar-refractivity contribution in [2.24, 2.45) is 0 Å². The van der Waals surface area contributed by atoms with Crippen LogP contribution >= 0.6 is 23.4 Å². The molecule has 0 bridgehead atoms. The standard InChI is InChI=1S/C13H17ClN2O2S/c1-2-5-16-12-4-3-9(14)6-11(12)15-13(16)19-8-10(18)7-17/h3-4,6,10,17-18H,2,5,7-8H2,1H3. The van der Waals surface area contributed by atoms with Crippen molar-refractivity contribution in [1.82, 2.24) is 9.55 Å². The molecule has 0 aliphatic rings. The topological polar surface area (TPSA) is 58.3 Å². The minimum Gasteiger partial charge on any atom is -0.394 e. The van der Waals surface area contributed by atoms with E-state index < -0.39 is 6.10 Å². The third-order valence-corrected chi connectivity index (χ3v) is 4.09. The molecule has 1 aromatic carbocycles. The molecule has 0 amide bonds. The van der Waals surface area contributed by atoms with Crippen LogP contribution in [0, 0.1) is 0 Å². The van der Waals surface area contributed by atoms with Gasteiger partial charge in [0, 0.05) is 17.3 Å². The van der Waals surface area contributed by atoms with E-state index in [1.54, 1.807) is 0 Å². The Balaban J connectivity index is 2.32. The highest BCUT2D eigenvalue weighted by molar-refractivity contribution is 7.99. The van der Waals surface area contributed by atoms with Crippen molar-refractivity contribution in [2.75, 3.05) is 12.4 Å². The van der Waals surface area contributed by atoms with Crippen LogP contribution in [0.3, 0.4) is 0 Å². The minimum atomic E-state index is -0.719. The fourth-order valence-corrected chi connectivity index (χ4v) is 2.98. The summed E-state index contributed by atoms with van der Waals surface area (Å²) in [6.07, 6.45) is 0.285. The maximum atomic E-state index is 9.43. The van der Waals surface area contributed by atoms with E-state index in [-0.39, 0.29) is 6.61 Å². The Bertz CT molecular complexity index is 559. The Kier molecular flexibility index (Phi) is 5.10. The van der Waals surface area contributed by atoms with Crippen molar-refractivity contribution in [2.45, 2.75) is 31.1 Å². The summed E-state index contributed by atoms with van der Waals surface area (Å²) in [6, 6.07) is 5.66. The van der Waals surface area contributed by atoms with Crippen LogP contribution in [-0.2, 0) is 6.54 Å². The number of imidazole rings is 1. The molecule has 0 radical (unpaired) electrons. The Morgan fingerprint density at radius 3 is 2.95 bits per heavy atom. The van der Waals surface area contributed by atoms with Gasteiger partial charge in [0.2, 0.25) is 0 Å². The number of hydrogen-bond donors (Lipinski definition) is 2. The molecular weight excluding hydrogens is 284 g/mol. The zero-order valence-corrected chi connectivity index (χ0v) is 12.3. The number of thioether (sulfide) groups is 1. The summed E-state index contributed by atoms with van der Waals surface area (Å²) in [5.41, 5.74) is 1.91. The van der Waals surface area contributed by atoms with E-state index >= 15 is 0 Å². The van der Waals surface area contributed by atoms with E-state index in [0.717, 1.165) is 29.2 Å². The molecule has 4 nitrogen and oxygen atoms in total. The predicted molar refractivity (Wildman–Crippen MR) is 78.9 cm³/mol. The maximum Gasteiger partial charge on any atom is 0.169 e. The average molecular weight is 301 g/mol. The summed E-state index contributed by atoms with van der Waals surface area (Å²) in [6.45, 7) is 2.75. The zero-order chi connectivity index (χ0) is 13.8. The van der Waals surface area contributed by atoms with Gasteiger partial charge in [0.15, 0.2) is 5.16 Å². The smallest absolute Gasteiger partial charge is 0.169 e. The molecular formula is C13H17ClN2O2S. The van der Waals surface area contributed by atoms with Gasteiger partial charge in [-0.15, -0.1) is 0 Å². The number of aryl methyl sites for hydroxylation is 1. The highest BCUT2D eigenvalue weighted by Crippen LogP contribution is 2.26. The van der Waals surface area contributed by atoms with Gasteiger partial charge in [0.25, 0.3) is 0 Å². The van der Waals surface area contributed by atoms with Crippen LogP contribution in [0.5, 0.6) is 0 Å². The Labute approximate surface area is 121 Å². The van der Waals surface area contributed by atoms with Crippen LogP contribution in [0.25, 0.3) is 11.0 Å². The second kappa shape index (κ2) is 6.61. The predicted octanol–water partition coefficient (Wildman–Crippen LogP) is 2.55. The van der Waals surface area contributed by atoms with Gasteiger partial charge >= 0.3 is 0 Å². The molecule has 1 unspecified atom stereocenters. The van der Waals surface area contributed by atoms with E-state index in [0.29, 0.717) is 10.8 Å². The highest BCUT2D eigenvalue weighted by atomic mass is 35.5. The third kappa shape index (κ3) is 3.42. The van der Waals surface area contributed by atoms with E-state index in [2.05, 4.69) is 16.5 Å². The van der Waals surface area contributed by atoms with Crippen molar-refractivity contribution < 1.29 is 10.2 Å². The van der Waals surface area contributed by atoms with Crippen LogP contribution in [0.2, 0.25) is 5.02 Å². The van der Waals surface area contributed by atoms with Crippen molar-refractivity contribution in [1.29, 1.82) is 0 Å². The number of nitrogens with zero attached hydrogens (tertiary/aromatic N) is 2. The van der Waals surface area contributed by atoms with E-state index in [1.807, 2.05) is 18.2 Å². The maximum absolute atomic E-state index is 9.43. The number of fused-ring (bicyclic) bond motifs is 1. The van der Waals surface area contributed by atoms with Crippen LogP contribution in [0.4, 0.5) is 0 Å². The van der Waals surface area contributed by atoms with Gasteiger partial charge in [-0.2, -0.15) is 0 Å². The molecule has 0 aliphatic heterocycles. The average Bonchev–Trinajstić information content (AvgIpc) is 2.73. The lowest BCUT2D eigenvalue weighted by Crippen LogP contribution is -2.15. The molecule has 19 heavy (non-hydrogen) atoms. The van der Waals surface area contributed by atoms with Gasteiger partial charge in [0.1, 0.15) is 0 Å². The Morgan fingerprint density at radius 2 is 2.26 bits per heavy atom. The summed E-state index contributed by atoms with van der Waals surface area (Å²) >= 11 is 7.43. The molecule has 0 saturated heterocycles. The van der Waals surface area contributed by atoms with Gasteiger partial charge < -0.3 is 14.8 Å². The van der Waals surface area contributed by atoms with Crippen molar-refractivity contribution >= 4 is 34.4 Å². The quantitative estimate of drug-likeness (QED) is 0.805. The minimum absolute atomic E-state index is 0.229. The molecule has 2 aromatic rings. The summed E-state index contributed by atoms with van der Waals surface area (Å²) in [5.74, 6) is 0.428. The normalized spacial score (nSPS) is 13.1. The van der Waals surface area contributed by atoms with E-state index in [1.165, 1.54) is 11.8 Å². The monoisotopic (exact) mass is 300 g/mol. The van der Waals surface area contributed by atoms with Crippen molar-refractivity contribution in [3.8, 4) is 0 Å². The van der Waals surface area contributed by atoms with Crippen LogP contribution < -0.4 is 0 Å². The number of hydrogen-bond acceptors (Lipinski definition) is 4. The first-order chi connectivity index (χ1) is 9.15. The lowest BCUT2D eigenvalue weighted by molar-refractivity contribution is 0.113. The number of rotatable bonds is 6. The first-order valence-corrected chi connectivity index (χ1v) is 7.59. The van der Waals surface area contributed by atoms with Gasteiger partial charge in [-0.3, -0.25) is 0 Å². The van der Waals surface area contributed by atoms with Gasteiger partial charge in [-0.25, -0.2) is 4.98 Å². The van der Waals surface area contributed by atoms with Crippen LogP contribution in [0.1, 0.15) is 13.3 Å². The van der Waals surface area contributed by atoms with Gasteiger partial charge in [0.05, 0.1) is 23.7 Å². The van der Waals surface area contributed by atoms with Gasteiger partial charge in [-0.1, -0.05) is 30.3 Å². The fourth-order valence-electron chi connectivity index (χ4n) is 1.85. The molecule has 104 valence electrons. The second-order valence-electron chi connectivity index (χ2n) is 4.33. The number of aliphatic hydroxyl groups is 2. The zero-order valence-electron chi connectivity index (χ0n) is 10.7. The van der Waals surface area contributed by atoms with Crippen molar-refractivity contribution in [3.05, 3.63) is 23.2 Å². The SMILES string of the molecule is CCCn1c(SCC(O)CO)nc2cc(Cl)ccc21. The molecule has 0 fully saturated rings. The molecule has 0 aliphatic carbocycles. The molecule has 2 rings (SSSR count). The number of aromatic nitrogens is 2.